The number of thiazole rings is 1. The molecule has 1 atom stereocenters. The van der Waals surface area contributed by atoms with Crippen LogP contribution in [-0.2, 0) is 14.8 Å². The monoisotopic (exact) mass is 433 g/mol. The summed E-state index contributed by atoms with van der Waals surface area (Å²) in [5.41, 5.74) is 0.577. The number of rotatable bonds is 6. The molecule has 1 aliphatic rings. The number of hydrogen-bond donors (Lipinski definition) is 1. The number of anilines is 2. The van der Waals surface area contributed by atoms with Crippen LogP contribution in [0.2, 0.25) is 0 Å². The van der Waals surface area contributed by atoms with Crippen molar-refractivity contribution in [3.8, 4) is 5.75 Å². The number of carbonyl (C=O) groups excluding carboxylic acids is 1. The highest BCUT2D eigenvalue weighted by atomic mass is 32.2. The first-order chi connectivity index (χ1) is 13.9. The lowest BCUT2D eigenvalue weighted by atomic mass is 10.3. The maximum atomic E-state index is 13.0. The second-order valence-electron chi connectivity index (χ2n) is 6.28. The van der Waals surface area contributed by atoms with E-state index in [1.807, 2.05) is 0 Å². The average molecular weight is 433 g/mol. The summed E-state index contributed by atoms with van der Waals surface area (Å²) in [5, 5.41) is 1.95. The highest BCUT2D eigenvalue weighted by Gasteiger charge is 2.34. The lowest BCUT2D eigenvalue weighted by Crippen LogP contribution is -2.32. The number of amides is 1. The number of nitrogens with one attached hydrogen (secondary N) is 1. The van der Waals surface area contributed by atoms with Gasteiger partial charge >= 0.3 is 0 Å². The van der Waals surface area contributed by atoms with Gasteiger partial charge in [0.25, 0.3) is 15.9 Å². The normalized spacial score (nSPS) is 16.8. The van der Waals surface area contributed by atoms with Crippen molar-refractivity contribution in [2.45, 2.75) is 17.4 Å². The number of benzene rings is 2. The smallest absolute Gasteiger partial charge is 0.268 e. The Morgan fingerprint density at radius 3 is 2.52 bits per heavy atom. The molecule has 3 aromatic rings. The van der Waals surface area contributed by atoms with Gasteiger partial charge in [0.1, 0.15) is 11.6 Å². The van der Waals surface area contributed by atoms with E-state index in [0.717, 1.165) is 0 Å². The standard InChI is InChI=1S/C19H16FN3O4S2/c20-13-1-5-15(6-2-13)27-17-9-11-23(18(17)24)14-3-7-16(8-4-14)29(25,26)22-19-21-10-12-28-19/h1-8,10,12,17H,9,11H2,(H,21,22). The largest absolute Gasteiger partial charge is 0.481 e. The molecule has 1 amide bonds. The van der Waals surface area contributed by atoms with Gasteiger partial charge in [-0.3, -0.25) is 9.52 Å². The minimum atomic E-state index is -3.75. The van der Waals surface area contributed by atoms with Crippen molar-refractivity contribution in [1.82, 2.24) is 4.98 Å². The molecule has 0 saturated carbocycles. The Morgan fingerprint density at radius 1 is 1.14 bits per heavy atom. The first-order valence-electron chi connectivity index (χ1n) is 8.68. The van der Waals surface area contributed by atoms with Gasteiger partial charge in [-0.2, -0.15) is 0 Å². The molecule has 0 bridgehead atoms. The van der Waals surface area contributed by atoms with Crippen LogP contribution in [0.1, 0.15) is 6.42 Å². The van der Waals surface area contributed by atoms with E-state index in [1.165, 1.54) is 53.9 Å². The molecule has 1 aliphatic heterocycles. The lowest BCUT2D eigenvalue weighted by molar-refractivity contribution is -0.122. The van der Waals surface area contributed by atoms with E-state index in [9.17, 15) is 17.6 Å². The fraction of sp³-hybridized carbons (Fsp3) is 0.158. The molecule has 150 valence electrons. The van der Waals surface area contributed by atoms with Crippen LogP contribution in [-0.4, -0.2) is 32.0 Å². The zero-order valence-electron chi connectivity index (χ0n) is 15.0. The summed E-state index contributed by atoms with van der Waals surface area (Å²) >= 11 is 1.18. The second-order valence-corrected chi connectivity index (χ2v) is 8.85. The van der Waals surface area contributed by atoms with Crippen LogP contribution in [0.5, 0.6) is 5.75 Å². The van der Waals surface area contributed by atoms with Crippen LogP contribution in [0.15, 0.2) is 65.0 Å². The zero-order valence-corrected chi connectivity index (χ0v) is 16.6. The van der Waals surface area contributed by atoms with Crippen LogP contribution < -0.4 is 14.4 Å². The molecule has 10 heteroatoms. The predicted molar refractivity (Wildman–Crippen MR) is 107 cm³/mol. The Bertz CT molecular complexity index is 1100. The van der Waals surface area contributed by atoms with E-state index in [1.54, 1.807) is 22.4 Å². The first kappa shape index (κ1) is 19.3. The number of sulfonamides is 1. The van der Waals surface area contributed by atoms with E-state index >= 15 is 0 Å². The van der Waals surface area contributed by atoms with Gasteiger partial charge in [-0.1, -0.05) is 0 Å². The van der Waals surface area contributed by atoms with Gasteiger partial charge in [0.15, 0.2) is 11.2 Å². The third kappa shape index (κ3) is 4.22. The molecular formula is C19H16FN3O4S2. The van der Waals surface area contributed by atoms with E-state index in [4.69, 9.17) is 4.74 Å². The molecule has 4 rings (SSSR count). The second kappa shape index (κ2) is 7.80. The van der Waals surface area contributed by atoms with Gasteiger partial charge in [0, 0.05) is 30.2 Å². The molecule has 1 N–H and O–H groups in total. The van der Waals surface area contributed by atoms with Crippen LogP contribution in [0.3, 0.4) is 0 Å². The van der Waals surface area contributed by atoms with Gasteiger partial charge in [0.2, 0.25) is 0 Å². The maximum Gasteiger partial charge on any atom is 0.268 e. The highest BCUT2D eigenvalue weighted by molar-refractivity contribution is 7.93. The summed E-state index contributed by atoms with van der Waals surface area (Å²) < 4.78 is 45.9. The molecule has 2 heterocycles. The van der Waals surface area contributed by atoms with Crippen LogP contribution in [0, 0.1) is 5.82 Å². The Morgan fingerprint density at radius 2 is 1.86 bits per heavy atom. The summed E-state index contributed by atoms with van der Waals surface area (Å²) in [7, 11) is -3.75. The number of aromatic nitrogens is 1. The number of carbonyl (C=O) groups is 1. The SMILES string of the molecule is O=C1C(Oc2ccc(F)cc2)CCN1c1ccc(S(=O)(=O)Nc2nccs2)cc1. The number of nitrogens with zero attached hydrogens (tertiary/aromatic N) is 2. The maximum absolute atomic E-state index is 13.0. The number of halogens is 1. The lowest BCUT2D eigenvalue weighted by Gasteiger charge is -2.18. The molecule has 29 heavy (non-hydrogen) atoms. The Labute approximate surface area is 170 Å². The molecular weight excluding hydrogens is 417 g/mol. The van der Waals surface area contributed by atoms with E-state index in [0.29, 0.717) is 24.4 Å². The quantitative estimate of drug-likeness (QED) is 0.645. The Hall–Kier alpha value is -2.98. The zero-order chi connectivity index (χ0) is 20.4. The van der Waals surface area contributed by atoms with Crippen molar-refractivity contribution in [1.29, 1.82) is 0 Å². The molecule has 1 unspecified atom stereocenters. The number of hydrogen-bond acceptors (Lipinski definition) is 6. The molecule has 7 nitrogen and oxygen atoms in total. The van der Waals surface area contributed by atoms with Gasteiger partial charge < -0.3 is 9.64 Å². The summed E-state index contributed by atoms with van der Waals surface area (Å²) in [6.07, 6.45) is 1.31. The molecule has 1 aromatic heterocycles. The highest BCUT2D eigenvalue weighted by Crippen LogP contribution is 2.27. The first-order valence-corrected chi connectivity index (χ1v) is 11.0. The summed E-state index contributed by atoms with van der Waals surface area (Å²) in [6, 6.07) is 11.5. The van der Waals surface area contributed by atoms with Crippen LogP contribution >= 0.6 is 11.3 Å². The molecule has 0 spiro atoms. The van der Waals surface area contributed by atoms with E-state index < -0.39 is 16.1 Å². The predicted octanol–water partition coefficient (Wildman–Crippen LogP) is 3.27. The van der Waals surface area contributed by atoms with Crippen molar-refractivity contribution >= 4 is 38.1 Å². The minimum absolute atomic E-state index is 0.0715. The van der Waals surface area contributed by atoms with Gasteiger partial charge in [-0.15, -0.1) is 11.3 Å². The third-order valence-corrected chi connectivity index (χ3v) is 6.53. The fourth-order valence-electron chi connectivity index (χ4n) is 2.95. The summed E-state index contributed by atoms with van der Waals surface area (Å²) in [4.78, 5) is 18.2. The van der Waals surface area contributed by atoms with Gasteiger partial charge in [-0.05, 0) is 48.5 Å². The van der Waals surface area contributed by atoms with Crippen molar-refractivity contribution in [2.75, 3.05) is 16.2 Å². The fourth-order valence-corrected chi connectivity index (χ4v) is 4.74. The van der Waals surface area contributed by atoms with Gasteiger partial charge in [-0.25, -0.2) is 17.8 Å². The average Bonchev–Trinajstić information content (AvgIpc) is 3.34. The topological polar surface area (TPSA) is 88.6 Å². The van der Waals surface area contributed by atoms with E-state index in [-0.39, 0.29) is 21.8 Å². The summed E-state index contributed by atoms with van der Waals surface area (Å²) in [6.45, 7) is 0.439. The summed E-state index contributed by atoms with van der Waals surface area (Å²) in [5.74, 6) is -0.191. The molecule has 2 aromatic carbocycles. The minimum Gasteiger partial charge on any atom is -0.481 e. The number of ether oxygens (including phenoxy) is 1. The van der Waals surface area contributed by atoms with Crippen molar-refractivity contribution < 1.29 is 22.3 Å². The Balaban J connectivity index is 1.45. The molecule has 0 aliphatic carbocycles. The molecule has 1 saturated heterocycles. The Kier molecular flexibility index (Phi) is 5.20. The van der Waals surface area contributed by atoms with Crippen LogP contribution in [0.4, 0.5) is 15.2 Å². The van der Waals surface area contributed by atoms with Crippen molar-refractivity contribution in [2.24, 2.45) is 0 Å². The molecule has 1 fully saturated rings. The van der Waals surface area contributed by atoms with Gasteiger partial charge in [0.05, 0.1) is 4.90 Å². The third-order valence-electron chi connectivity index (χ3n) is 4.36. The van der Waals surface area contributed by atoms with E-state index in [2.05, 4.69) is 9.71 Å². The van der Waals surface area contributed by atoms with Crippen LogP contribution in [0.25, 0.3) is 0 Å². The van der Waals surface area contributed by atoms with Crippen molar-refractivity contribution in [3.05, 3.63) is 65.9 Å². The molecule has 0 radical (unpaired) electrons. The van der Waals surface area contributed by atoms with Crippen molar-refractivity contribution in [3.63, 3.8) is 0 Å².